The molecule has 0 N–H and O–H groups in total. The third-order valence-electron chi connectivity index (χ3n) is 3.36. The summed E-state index contributed by atoms with van der Waals surface area (Å²) in [4.78, 5) is 20.7. The fourth-order valence-corrected chi connectivity index (χ4v) is 2.98. The molecule has 1 aromatic heterocycles. The molecule has 0 atom stereocenters. The Kier molecular flexibility index (Phi) is 5.68. The lowest BCUT2D eigenvalue weighted by molar-refractivity contribution is 0.0727. The third-order valence-corrected chi connectivity index (χ3v) is 4.57. The minimum absolute atomic E-state index is 0.0620. The summed E-state index contributed by atoms with van der Waals surface area (Å²) in [5.41, 5.74) is 2.43. The van der Waals surface area contributed by atoms with Gasteiger partial charge in [0.15, 0.2) is 10.9 Å². The smallest absolute Gasteiger partial charge is 0.364 e. The Labute approximate surface area is 155 Å². The molecule has 4 nitrogen and oxygen atoms in total. The lowest BCUT2D eigenvalue weighted by Crippen LogP contribution is -2.12. The van der Waals surface area contributed by atoms with E-state index in [0.29, 0.717) is 16.7 Å². The molecule has 3 aromatic rings. The Morgan fingerprint density at radius 3 is 2.56 bits per heavy atom. The zero-order chi connectivity index (χ0) is 17.6. The Morgan fingerprint density at radius 1 is 1.12 bits per heavy atom. The molecule has 1 heterocycles. The van der Waals surface area contributed by atoms with Gasteiger partial charge in [-0.05, 0) is 24.6 Å². The highest BCUT2D eigenvalue weighted by Gasteiger charge is 2.17. The monoisotopic (exact) mass is 370 g/mol. The van der Waals surface area contributed by atoms with E-state index in [1.54, 1.807) is 24.3 Å². The minimum atomic E-state index is -0.601. The molecular formula is C19H15ClN2O2S. The number of ether oxygens (including phenoxy) is 1. The van der Waals surface area contributed by atoms with Crippen LogP contribution in [0.3, 0.4) is 0 Å². The van der Waals surface area contributed by atoms with E-state index in [1.807, 2.05) is 13.0 Å². The van der Waals surface area contributed by atoms with Crippen molar-refractivity contribution in [1.29, 1.82) is 0 Å². The Hall–Kier alpha value is -2.37. The first-order valence-corrected chi connectivity index (χ1v) is 8.96. The standard InChI is InChI=1S/C19H15ClN2O2S/c1-13-7-9-14(10-8-13)12-25-19-21-11-16(20)17(22-19)18(23)24-15-5-3-2-4-6-15/h2-11H,12H2,1H3. The first kappa shape index (κ1) is 17.5. The second-order valence-corrected chi connectivity index (χ2v) is 6.68. The first-order chi connectivity index (χ1) is 12.1. The molecule has 126 valence electrons. The van der Waals surface area contributed by atoms with Gasteiger partial charge in [-0.25, -0.2) is 14.8 Å². The number of esters is 1. The molecule has 0 saturated carbocycles. The molecule has 6 heteroatoms. The highest BCUT2D eigenvalue weighted by atomic mass is 35.5. The van der Waals surface area contributed by atoms with Gasteiger partial charge in [0.2, 0.25) is 0 Å². The largest absolute Gasteiger partial charge is 0.422 e. The number of carbonyl (C=O) groups excluding carboxylic acids is 1. The number of benzene rings is 2. The van der Waals surface area contributed by atoms with E-state index >= 15 is 0 Å². The second kappa shape index (κ2) is 8.14. The van der Waals surface area contributed by atoms with Gasteiger partial charge in [-0.15, -0.1) is 0 Å². The van der Waals surface area contributed by atoms with Crippen molar-refractivity contribution in [2.45, 2.75) is 17.8 Å². The number of rotatable bonds is 5. The summed E-state index contributed by atoms with van der Waals surface area (Å²) in [6, 6.07) is 17.0. The van der Waals surface area contributed by atoms with Crippen molar-refractivity contribution in [3.63, 3.8) is 0 Å². The van der Waals surface area contributed by atoms with Crippen LogP contribution in [0.4, 0.5) is 0 Å². The number of carbonyl (C=O) groups is 1. The summed E-state index contributed by atoms with van der Waals surface area (Å²) in [5.74, 6) is 0.543. The molecule has 3 rings (SSSR count). The fourth-order valence-electron chi connectivity index (χ4n) is 2.04. The number of aromatic nitrogens is 2. The highest BCUT2D eigenvalue weighted by molar-refractivity contribution is 7.98. The van der Waals surface area contributed by atoms with Crippen molar-refractivity contribution < 1.29 is 9.53 Å². The zero-order valence-electron chi connectivity index (χ0n) is 13.5. The average molecular weight is 371 g/mol. The van der Waals surface area contributed by atoms with Crippen molar-refractivity contribution >= 4 is 29.3 Å². The van der Waals surface area contributed by atoms with Crippen LogP contribution in [-0.4, -0.2) is 15.9 Å². The topological polar surface area (TPSA) is 52.1 Å². The number of aryl methyl sites for hydroxylation is 1. The SMILES string of the molecule is Cc1ccc(CSc2ncc(Cl)c(C(=O)Oc3ccccc3)n2)cc1. The van der Waals surface area contributed by atoms with Crippen molar-refractivity contribution in [1.82, 2.24) is 9.97 Å². The van der Waals surface area contributed by atoms with Gasteiger partial charge in [-0.2, -0.15) is 0 Å². The van der Waals surface area contributed by atoms with Crippen LogP contribution in [0, 0.1) is 6.92 Å². The van der Waals surface area contributed by atoms with Gasteiger partial charge in [0.1, 0.15) is 5.75 Å². The van der Waals surface area contributed by atoms with Gasteiger partial charge in [0.05, 0.1) is 11.2 Å². The van der Waals surface area contributed by atoms with Gasteiger partial charge >= 0.3 is 5.97 Å². The van der Waals surface area contributed by atoms with Crippen LogP contribution in [0.1, 0.15) is 21.6 Å². The Morgan fingerprint density at radius 2 is 1.84 bits per heavy atom. The summed E-state index contributed by atoms with van der Waals surface area (Å²) in [5, 5.41) is 0.644. The molecule has 0 aliphatic heterocycles. The van der Waals surface area contributed by atoms with Crippen LogP contribution in [0.15, 0.2) is 66.0 Å². The zero-order valence-corrected chi connectivity index (χ0v) is 15.1. The maximum atomic E-state index is 12.3. The normalized spacial score (nSPS) is 10.5. The van der Waals surface area contributed by atoms with E-state index < -0.39 is 5.97 Å². The van der Waals surface area contributed by atoms with Crippen LogP contribution in [-0.2, 0) is 5.75 Å². The van der Waals surface area contributed by atoms with Crippen LogP contribution in [0.25, 0.3) is 0 Å². The van der Waals surface area contributed by atoms with Crippen LogP contribution in [0.5, 0.6) is 5.75 Å². The second-order valence-electron chi connectivity index (χ2n) is 5.33. The quantitative estimate of drug-likeness (QED) is 0.275. The van der Waals surface area contributed by atoms with Crippen LogP contribution < -0.4 is 4.74 Å². The summed E-state index contributed by atoms with van der Waals surface area (Å²) < 4.78 is 5.29. The van der Waals surface area contributed by atoms with Crippen molar-refractivity contribution in [3.05, 3.63) is 82.6 Å². The average Bonchev–Trinajstić information content (AvgIpc) is 2.63. The minimum Gasteiger partial charge on any atom is -0.422 e. The molecule has 2 aromatic carbocycles. The molecule has 0 unspecified atom stereocenters. The number of halogens is 1. The molecule has 0 amide bonds. The van der Waals surface area contributed by atoms with Gasteiger partial charge in [-0.3, -0.25) is 0 Å². The molecule has 0 spiro atoms. The Bertz CT molecular complexity index is 870. The summed E-state index contributed by atoms with van der Waals surface area (Å²) in [6.45, 7) is 2.05. The maximum Gasteiger partial charge on any atom is 0.364 e. The fraction of sp³-hybridized carbons (Fsp3) is 0.105. The van der Waals surface area contributed by atoms with Crippen molar-refractivity contribution in [2.75, 3.05) is 0 Å². The van der Waals surface area contributed by atoms with E-state index in [4.69, 9.17) is 16.3 Å². The first-order valence-electron chi connectivity index (χ1n) is 7.60. The Balaban J connectivity index is 1.71. The number of para-hydroxylation sites is 1. The summed E-state index contributed by atoms with van der Waals surface area (Å²) in [6.07, 6.45) is 1.42. The summed E-state index contributed by atoms with van der Waals surface area (Å²) >= 11 is 7.49. The molecule has 0 fully saturated rings. The van der Waals surface area contributed by atoms with E-state index in [2.05, 4.69) is 34.2 Å². The molecule has 0 aliphatic rings. The van der Waals surface area contributed by atoms with E-state index in [0.717, 1.165) is 5.56 Å². The summed E-state index contributed by atoms with van der Waals surface area (Å²) in [7, 11) is 0. The van der Waals surface area contributed by atoms with E-state index in [1.165, 1.54) is 23.5 Å². The molecule has 0 aliphatic carbocycles. The molecule has 25 heavy (non-hydrogen) atoms. The lowest BCUT2D eigenvalue weighted by atomic mass is 10.2. The van der Waals surface area contributed by atoms with Gasteiger partial charge < -0.3 is 4.74 Å². The highest BCUT2D eigenvalue weighted by Crippen LogP contribution is 2.23. The molecule has 0 bridgehead atoms. The number of thioether (sulfide) groups is 1. The van der Waals surface area contributed by atoms with Gasteiger partial charge in [0, 0.05) is 5.75 Å². The van der Waals surface area contributed by atoms with Crippen LogP contribution >= 0.6 is 23.4 Å². The maximum absolute atomic E-state index is 12.3. The molecule has 0 saturated heterocycles. The predicted octanol–water partition coefficient (Wildman–Crippen LogP) is 4.95. The third kappa shape index (κ3) is 4.81. The predicted molar refractivity (Wildman–Crippen MR) is 99.2 cm³/mol. The lowest BCUT2D eigenvalue weighted by Gasteiger charge is -2.07. The number of nitrogens with zero attached hydrogens (tertiary/aromatic N) is 2. The van der Waals surface area contributed by atoms with E-state index in [9.17, 15) is 4.79 Å². The van der Waals surface area contributed by atoms with E-state index in [-0.39, 0.29) is 10.7 Å². The number of hydrogen-bond acceptors (Lipinski definition) is 5. The van der Waals surface area contributed by atoms with Gasteiger partial charge in [-0.1, -0.05) is 71.4 Å². The molecule has 0 radical (unpaired) electrons. The molecular weight excluding hydrogens is 356 g/mol. The van der Waals surface area contributed by atoms with Gasteiger partial charge in [0.25, 0.3) is 0 Å². The van der Waals surface area contributed by atoms with Crippen LogP contribution in [0.2, 0.25) is 5.02 Å². The number of hydrogen-bond donors (Lipinski definition) is 0. The van der Waals surface area contributed by atoms with Crippen molar-refractivity contribution in [3.8, 4) is 5.75 Å². The van der Waals surface area contributed by atoms with Crippen molar-refractivity contribution in [2.24, 2.45) is 0 Å².